The number of aromatic carboxylic acids is 1. The predicted molar refractivity (Wildman–Crippen MR) is 50.0 cm³/mol. The van der Waals surface area contributed by atoms with E-state index < -0.39 is 5.97 Å². The molecule has 5 heteroatoms. The molecule has 0 aromatic heterocycles. The van der Waals surface area contributed by atoms with Crippen LogP contribution < -0.4 is 9.88 Å². The molecule has 0 fully saturated rings. The maximum absolute atomic E-state index is 10.6. The summed E-state index contributed by atoms with van der Waals surface area (Å²) in [6, 6.07) is 4.55. The van der Waals surface area contributed by atoms with E-state index in [9.17, 15) is 4.79 Å². The van der Waals surface area contributed by atoms with Crippen LogP contribution in [-0.4, -0.2) is 18.2 Å². The molecule has 0 aliphatic carbocycles. The molecule has 3 N–H and O–H groups in total. The summed E-state index contributed by atoms with van der Waals surface area (Å²) < 4.78 is 4.96. The molecular weight excluding hydrogens is 190 g/mol. The smallest absolute Gasteiger partial charge is 0.335 e. The predicted octanol–water partition coefficient (Wildman–Crippen LogP) is 1.36. The van der Waals surface area contributed by atoms with Crippen molar-refractivity contribution in [1.82, 2.24) is 0 Å². The molecule has 0 spiro atoms. The molecule has 1 aromatic carbocycles. The Morgan fingerprint density at radius 2 is 2.31 bits per heavy atom. The Morgan fingerprint density at radius 1 is 1.62 bits per heavy atom. The zero-order chi connectivity index (χ0) is 9.84. The second kappa shape index (κ2) is 4.15. The number of ether oxygens (including phenoxy) is 1. The second-order valence-electron chi connectivity index (χ2n) is 2.29. The van der Waals surface area contributed by atoms with Gasteiger partial charge in [0.05, 0.1) is 17.6 Å². The Morgan fingerprint density at radius 3 is 2.77 bits per heavy atom. The number of methoxy groups -OCH3 is 1. The highest BCUT2D eigenvalue weighted by molar-refractivity contribution is 7.97. The zero-order valence-corrected chi connectivity index (χ0v) is 7.80. The van der Waals surface area contributed by atoms with E-state index in [1.165, 1.54) is 19.2 Å². The summed E-state index contributed by atoms with van der Waals surface area (Å²) in [6.07, 6.45) is 0. The molecule has 0 bridgehead atoms. The summed E-state index contributed by atoms with van der Waals surface area (Å²) in [4.78, 5) is 11.3. The molecule has 70 valence electrons. The highest BCUT2D eigenvalue weighted by atomic mass is 32.2. The largest absolute Gasteiger partial charge is 0.496 e. The minimum atomic E-state index is -0.980. The summed E-state index contributed by atoms with van der Waals surface area (Å²) in [7, 11) is 1.47. The molecule has 0 atom stereocenters. The summed E-state index contributed by atoms with van der Waals surface area (Å²) in [5.41, 5.74) is 0.189. The van der Waals surface area contributed by atoms with Crippen molar-refractivity contribution in [1.29, 1.82) is 0 Å². The fourth-order valence-electron chi connectivity index (χ4n) is 0.898. The van der Waals surface area contributed by atoms with Gasteiger partial charge in [0.25, 0.3) is 0 Å². The van der Waals surface area contributed by atoms with E-state index >= 15 is 0 Å². The van der Waals surface area contributed by atoms with Gasteiger partial charge in [-0.05, 0) is 30.1 Å². The van der Waals surface area contributed by atoms with Crippen LogP contribution in [0.25, 0.3) is 0 Å². The first-order valence-electron chi connectivity index (χ1n) is 3.47. The lowest BCUT2D eigenvalue weighted by Crippen LogP contribution is -1.98. The molecule has 0 amide bonds. The molecule has 0 saturated heterocycles. The van der Waals surface area contributed by atoms with Gasteiger partial charge in [-0.2, -0.15) is 0 Å². The molecule has 0 aliphatic rings. The normalized spacial score (nSPS) is 9.69. The molecule has 1 aromatic rings. The van der Waals surface area contributed by atoms with Crippen LogP contribution in [0.1, 0.15) is 10.4 Å². The first kappa shape index (κ1) is 9.88. The van der Waals surface area contributed by atoms with Gasteiger partial charge in [-0.25, -0.2) is 4.79 Å². The van der Waals surface area contributed by atoms with Crippen molar-refractivity contribution in [2.24, 2.45) is 5.14 Å². The Kier molecular flexibility index (Phi) is 3.16. The van der Waals surface area contributed by atoms with Crippen LogP contribution in [0.4, 0.5) is 0 Å². The first-order valence-corrected chi connectivity index (χ1v) is 4.35. The average Bonchev–Trinajstić information content (AvgIpc) is 2.16. The van der Waals surface area contributed by atoms with Crippen molar-refractivity contribution in [3.63, 3.8) is 0 Å². The fourth-order valence-corrected chi connectivity index (χ4v) is 1.30. The van der Waals surface area contributed by atoms with E-state index in [1.54, 1.807) is 6.07 Å². The van der Waals surface area contributed by atoms with E-state index in [0.717, 1.165) is 11.9 Å². The lowest BCUT2D eigenvalue weighted by Gasteiger charge is -2.05. The van der Waals surface area contributed by atoms with Crippen LogP contribution in [0.5, 0.6) is 5.75 Å². The zero-order valence-electron chi connectivity index (χ0n) is 6.98. The van der Waals surface area contributed by atoms with Crippen LogP contribution >= 0.6 is 11.9 Å². The number of hydrogen-bond acceptors (Lipinski definition) is 4. The van der Waals surface area contributed by atoms with Crippen molar-refractivity contribution in [3.8, 4) is 5.75 Å². The minimum Gasteiger partial charge on any atom is -0.496 e. The summed E-state index contributed by atoms with van der Waals surface area (Å²) in [5.74, 6) is -0.501. The van der Waals surface area contributed by atoms with Crippen molar-refractivity contribution in [3.05, 3.63) is 23.8 Å². The van der Waals surface area contributed by atoms with Crippen LogP contribution in [0.3, 0.4) is 0 Å². The van der Waals surface area contributed by atoms with E-state index in [4.69, 9.17) is 15.0 Å². The van der Waals surface area contributed by atoms with Crippen LogP contribution in [0.2, 0.25) is 0 Å². The molecular formula is C8H9NO3S. The maximum Gasteiger partial charge on any atom is 0.335 e. The standard InChI is InChI=1S/C8H9NO3S/c1-12-6-4-5(8(10)11)2-3-7(6)13-9/h2-4H,9H2,1H3,(H,10,11). The van der Waals surface area contributed by atoms with Gasteiger partial charge in [0.1, 0.15) is 5.75 Å². The third kappa shape index (κ3) is 2.13. The average molecular weight is 199 g/mol. The molecule has 0 aliphatic heterocycles. The number of carboxylic acids is 1. The van der Waals surface area contributed by atoms with Gasteiger partial charge in [0.2, 0.25) is 0 Å². The number of hydrogen-bond donors (Lipinski definition) is 2. The molecule has 1 rings (SSSR count). The van der Waals surface area contributed by atoms with Crippen LogP contribution in [0.15, 0.2) is 23.1 Å². The number of benzene rings is 1. The quantitative estimate of drug-likeness (QED) is 0.719. The number of carboxylic acid groups (broad SMARTS) is 1. The highest BCUT2D eigenvalue weighted by Gasteiger charge is 2.07. The van der Waals surface area contributed by atoms with Crippen molar-refractivity contribution in [2.75, 3.05) is 7.11 Å². The van der Waals surface area contributed by atoms with Crippen LogP contribution in [-0.2, 0) is 0 Å². The second-order valence-corrected chi connectivity index (χ2v) is 2.96. The van der Waals surface area contributed by atoms with Gasteiger partial charge in [0, 0.05) is 0 Å². The fraction of sp³-hybridized carbons (Fsp3) is 0.125. The molecule has 0 heterocycles. The molecule has 0 unspecified atom stereocenters. The SMILES string of the molecule is COc1cc(C(=O)O)ccc1SN. The lowest BCUT2D eigenvalue weighted by atomic mass is 10.2. The first-order chi connectivity index (χ1) is 6.19. The van der Waals surface area contributed by atoms with Gasteiger partial charge in [-0.3, -0.25) is 5.14 Å². The van der Waals surface area contributed by atoms with E-state index in [-0.39, 0.29) is 5.56 Å². The summed E-state index contributed by atoms with van der Waals surface area (Å²) in [5, 5.41) is 14.0. The van der Waals surface area contributed by atoms with E-state index in [1.807, 2.05) is 0 Å². The number of rotatable bonds is 3. The third-order valence-electron chi connectivity index (χ3n) is 1.54. The number of nitrogens with two attached hydrogens (primary N) is 1. The van der Waals surface area contributed by atoms with Gasteiger partial charge in [-0.15, -0.1) is 0 Å². The molecule has 13 heavy (non-hydrogen) atoms. The van der Waals surface area contributed by atoms with Gasteiger partial charge in [0.15, 0.2) is 0 Å². The Labute approximate surface area is 79.8 Å². The summed E-state index contributed by atoms with van der Waals surface area (Å²) in [6.45, 7) is 0. The molecule has 0 radical (unpaired) electrons. The van der Waals surface area contributed by atoms with E-state index in [2.05, 4.69) is 0 Å². The van der Waals surface area contributed by atoms with Crippen molar-refractivity contribution >= 4 is 17.9 Å². The number of carbonyl (C=O) groups is 1. The highest BCUT2D eigenvalue weighted by Crippen LogP contribution is 2.26. The molecule has 0 saturated carbocycles. The Bertz CT molecular complexity index is 327. The minimum absolute atomic E-state index is 0.189. The maximum atomic E-state index is 10.6. The Balaban J connectivity index is 3.13. The van der Waals surface area contributed by atoms with Crippen molar-refractivity contribution < 1.29 is 14.6 Å². The lowest BCUT2D eigenvalue weighted by molar-refractivity contribution is 0.0696. The molecule has 4 nitrogen and oxygen atoms in total. The van der Waals surface area contributed by atoms with Crippen molar-refractivity contribution in [2.45, 2.75) is 4.90 Å². The van der Waals surface area contributed by atoms with Gasteiger partial charge < -0.3 is 9.84 Å². The van der Waals surface area contributed by atoms with Gasteiger partial charge in [-0.1, -0.05) is 0 Å². The van der Waals surface area contributed by atoms with Crippen LogP contribution in [0, 0.1) is 0 Å². The Hall–Kier alpha value is -1.20. The topological polar surface area (TPSA) is 72.5 Å². The summed E-state index contributed by atoms with van der Waals surface area (Å²) >= 11 is 1.02. The third-order valence-corrected chi connectivity index (χ3v) is 2.13. The van der Waals surface area contributed by atoms with E-state index in [0.29, 0.717) is 10.6 Å². The monoisotopic (exact) mass is 199 g/mol. The van der Waals surface area contributed by atoms with Gasteiger partial charge >= 0.3 is 5.97 Å².